The van der Waals surface area contributed by atoms with Crippen LogP contribution >= 0.6 is 11.6 Å². The summed E-state index contributed by atoms with van der Waals surface area (Å²) in [5, 5.41) is 3.28. The third kappa shape index (κ3) is 4.16. The number of hydrogen-bond acceptors (Lipinski definition) is 2. The van der Waals surface area contributed by atoms with Gasteiger partial charge in [-0.1, -0.05) is 30.7 Å². The molecule has 0 fully saturated rings. The van der Waals surface area contributed by atoms with Crippen LogP contribution in [0.5, 0.6) is 0 Å². The molecule has 4 heteroatoms. The highest BCUT2D eigenvalue weighted by atomic mass is 35.5. The van der Waals surface area contributed by atoms with Gasteiger partial charge in [0.05, 0.1) is 18.2 Å². The second-order valence-electron chi connectivity index (χ2n) is 3.12. The molecule has 1 rings (SSSR count). The normalized spacial score (nSPS) is 10.6. The highest BCUT2D eigenvalue weighted by Gasteiger charge is 2.04. The van der Waals surface area contributed by atoms with Gasteiger partial charge < -0.3 is 10.1 Å². The Morgan fingerprint density at radius 1 is 1.47 bits per heavy atom. The minimum Gasteiger partial charge on any atom is -0.375 e. The minimum atomic E-state index is -0.399. The average Bonchev–Trinajstić information content (AvgIpc) is 2.24. The number of nitrogens with one attached hydrogen (secondary N) is 1. The van der Waals surface area contributed by atoms with Crippen LogP contribution in [-0.4, -0.2) is 19.7 Å². The van der Waals surface area contributed by atoms with Gasteiger partial charge >= 0.3 is 0 Å². The zero-order valence-electron chi connectivity index (χ0n) is 8.72. The maximum Gasteiger partial charge on any atom is 0.142 e. The molecule has 15 heavy (non-hydrogen) atoms. The number of hydrogen-bond donors (Lipinski definition) is 1. The lowest BCUT2D eigenvalue weighted by molar-refractivity contribution is 0.123. The van der Waals surface area contributed by atoms with Crippen molar-refractivity contribution in [2.24, 2.45) is 0 Å². The van der Waals surface area contributed by atoms with Gasteiger partial charge in [0.2, 0.25) is 0 Å². The summed E-state index contributed by atoms with van der Waals surface area (Å²) in [5.41, 5.74) is 0.688. The Bertz CT molecular complexity index is 307. The largest absolute Gasteiger partial charge is 0.375 e. The quantitative estimate of drug-likeness (QED) is 0.760. The summed E-state index contributed by atoms with van der Waals surface area (Å²) >= 11 is 5.76. The van der Waals surface area contributed by atoms with E-state index in [-0.39, 0.29) is 5.02 Å². The standard InChI is InChI=1S/C11H15ClFNO/c1-2-14-6-7-15-8-9-4-3-5-10(13)11(9)12/h3-5,14H,2,6-8H2,1H3. The molecule has 0 aliphatic carbocycles. The molecule has 1 aromatic rings. The van der Waals surface area contributed by atoms with Gasteiger partial charge in [-0.25, -0.2) is 4.39 Å². The Labute approximate surface area is 94.4 Å². The lowest BCUT2D eigenvalue weighted by Gasteiger charge is -2.06. The van der Waals surface area contributed by atoms with Crippen molar-refractivity contribution in [2.75, 3.05) is 19.7 Å². The first-order valence-corrected chi connectivity index (χ1v) is 5.35. The Morgan fingerprint density at radius 3 is 3.00 bits per heavy atom. The molecule has 0 radical (unpaired) electrons. The van der Waals surface area contributed by atoms with Crippen molar-refractivity contribution < 1.29 is 9.13 Å². The predicted molar refractivity (Wildman–Crippen MR) is 59.6 cm³/mol. The van der Waals surface area contributed by atoms with E-state index in [1.807, 2.05) is 6.92 Å². The van der Waals surface area contributed by atoms with E-state index >= 15 is 0 Å². The van der Waals surface area contributed by atoms with Crippen LogP contribution in [-0.2, 0) is 11.3 Å². The van der Waals surface area contributed by atoms with Crippen LogP contribution in [0.3, 0.4) is 0 Å². The molecule has 0 saturated heterocycles. The summed E-state index contributed by atoms with van der Waals surface area (Å²) in [7, 11) is 0. The number of rotatable bonds is 6. The maximum absolute atomic E-state index is 13.0. The molecule has 0 atom stereocenters. The average molecular weight is 232 g/mol. The van der Waals surface area contributed by atoms with Crippen LogP contribution in [0.15, 0.2) is 18.2 Å². The lowest BCUT2D eigenvalue weighted by Crippen LogP contribution is -2.18. The molecule has 0 aromatic heterocycles. The smallest absolute Gasteiger partial charge is 0.142 e. The van der Waals surface area contributed by atoms with Gasteiger partial charge in [-0.05, 0) is 18.2 Å². The fraction of sp³-hybridized carbons (Fsp3) is 0.455. The summed E-state index contributed by atoms with van der Waals surface area (Å²) in [4.78, 5) is 0. The summed E-state index contributed by atoms with van der Waals surface area (Å²) in [6.45, 7) is 4.69. The Hall–Kier alpha value is -0.640. The van der Waals surface area contributed by atoms with Crippen LogP contribution in [0.1, 0.15) is 12.5 Å². The van der Waals surface area contributed by atoms with E-state index in [1.165, 1.54) is 6.07 Å². The molecule has 0 bridgehead atoms. The molecule has 0 heterocycles. The molecule has 0 aliphatic rings. The van der Waals surface area contributed by atoms with Crippen molar-refractivity contribution in [3.63, 3.8) is 0 Å². The first kappa shape index (κ1) is 12.4. The molecule has 0 unspecified atom stereocenters. The van der Waals surface area contributed by atoms with E-state index in [0.29, 0.717) is 18.8 Å². The molecule has 0 amide bonds. The Morgan fingerprint density at radius 2 is 2.27 bits per heavy atom. The van der Waals surface area contributed by atoms with Crippen LogP contribution in [0.4, 0.5) is 4.39 Å². The van der Waals surface area contributed by atoms with E-state index in [9.17, 15) is 4.39 Å². The lowest BCUT2D eigenvalue weighted by atomic mass is 10.2. The van der Waals surface area contributed by atoms with Crippen molar-refractivity contribution >= 4 is 11.6 Å². The maximum atomic E-state index is 13.0. The Kier molecular flexibility index (Phi) is 5.61. The van der Waals surface area contributed by atoms with Crippen molar-refractivity contribution in [3.8, 4) is 0 Å². The van der Waals surface area contributed by atoms with Crippen molar-refractivity contribution in [2.45, 2.75) is 13.5 Å². The number of likely N-dealkylation sites (N-methyl/N-ethyl adjacent to an activating group) is 1. The predicted octanol–water partition coefficient (Wildman–Crippen LogP) is 2.61. The molecule has 0 aliphatic heterocycles. The van der Waals surface area contributed by atoms with Crippen molar-refractivity contribution in [3.05, 3.63) is 34.6 Å². The topological polar surface area (TPSA) is 21.3 Å². The molecular weight excluding hydrogens is 217 g/mol. The van der Waals surface area contributed by atoms with E-state index in [4.69, 9.17) is 16.3 Å². The van der Waals surface area contributed by atoms with Gasteiger partial charge in [0, 0.05) is 6.54 Å². The van der Waals surface area contributed by atoms with Gasteiger partial charge in [0.1, 0.15) is 5.82 Å². The molecule has 0 saturated carbocycles. The second kappa shape index (κ2) is 6.77. The monoisotopic (exact) mass is 231 g/mol. The fourth-order valence-corrected chi connectivity index (χ4v) is 1.34. The SMILES string of the molecule is CCNCCOCc1cccc(F)c1Cl. The van der Waals surface area contributed by atoms with Crippen molar-refractivity contribution in [1.82, 2.24) is 5.32 Å². The molecular formula is C11H15ClFNO. The van der Waals surface area contributed by atoms with Gasteiger partial charge in [-0.3, -0.25) is 0 Å². The summed E-state index contributed by atoms with van der Waals surface area (Å²) < 4.78 is 18.4. The van der Waals surface area contributed by atoms with E-state index in [2.05, 4.69) is 5.32 Å². The number of benzene rings is 1. The first-order valence-electron chi connectivity index (χ1n) is 4.97. The van der Waals surface area contributed by atoms with Gasteiger partial charge in [0.15, 0.2) is 0 Å². The van der Waals surface area contributed by atoms with Crippen LogP contribution in [0.2, 0.25) is 5.02 Å². The summed E-state index contributed by atoms with van der Waals surface area (Å²) in [5.74, 6) is -0.399. The zero-order chi connectivity index (χ0) is 11.1. The van der Waals surface area contributed by atoms with E-state index in [1.54, 1.807) is 12.1 Å². The molecule has 2 nitrogen and oxygen atoms in total. The third-order valence-corrected chi connectivity index (χ3v) is 2.39. The zero-order valence-corrected chi connectivity index (χ0v) is 9.48. The van der Waals surface area contributed by atoms with E-state index in [0.717, 1.165) is 13.1 Å². The van der Waals surface area contributed by atoms with E-state index < -0.39 is 5.82 Å². The minimum absolute atomic E-state index is 0.154. The molecule has 0 spiro atoms. The number of halogens is 2. The highest BCUT2D eigenvalue weighted by Crippen LogP contribution is 2.19. The van der Waals surface area contributed by atoms with Crippen molar-refractivity contribution in [1.29, 1.82) is 0 Å². The number of ether oxygens (including phenoxy) is 1. The van der Waals surface area contributed by atoms with Gasteiger partial charge in [-0.2, -0.15) is 0 Å². The fourth-order valence-electron chi connectivity index (χ4n) is 1.16. The summed E-state index contributed by atoms with van der Waals surface area (Å²) in [6.07, 6.45) is 0. The molecule has 1 aromatic carbocycles. The Balaban J connectivity index is 2.34. The highest BCUT2D eigenvalue weighted by molar-refractivity contribution is 6.31. The second-order valence-corrected chi connectivity index (χ2v) is 3.50. The third-order valence-electron chi connectivity index (χ3n) is 1.96. The van der Waals surface area contributed by atoms with Crippen LogP contribution in [0.25, 0.3) is 0 Å². The van der Waals surface area contributed by atoms with Crippen LogP contribution in [0, 0.1) is 5.82 Å². The van der Waals surface area contributed by atoms with Gasteiger partial charge in [0.25, 0.3) is 0 Å². The van der Waals surface area contributed by atoms with Crippen LogP contribution < -0.4 is 5.32 Å². The first-order chi connectivity index (χ1) is 7.25. The van der Waals surface area contributed by atoms with Gasteiger partial charge in [-0.15, -0.1) is 0 Å². The molecule has 1 N–H and O–H groups in total. The molecule has 84 valence electrons. The summed E-state index contributed by atoms with van der Waals surface area (Å²) in [6, 6.07) is 4.73.